The highest BCUT2D eigenvalue weighted by Gasteiger charge is 2.10. The Hall–Kier alpha value is -2.17. The number of methoxy groups -OCH3 is 1. The lowest BCUT2D eigenvalue weighted by Gasteiger charge is -2.16. The number of anilines is 1. The van der Waals surface area contributed by atoms with Crippen molar-refractivity contribution < 1.29 is 9.13 Å². The average molecular weight is 261 g/mol. The molecule has 5 heteroatoms. The van der Waals surface area contributed by atoms with Crippen LogP contribution in [0.15, 0.2) is 30.6 Å². The molecule has 0 bridgehead atoms. The lowest BCUT2D eigenvalue weighted by Crippen LogP contribution is -2.08. The van der Waals surface area contributed by atoms with E-state index in [1.165, 1.54) is 19.5 Å². The Kier molecular flexibility index (Phi) is 3.94. The van der Waals surface area contributed by atoms with Crippen LogP contribution in [0.4, 0.5) is 10.2 Å². The van der Waals surface area contributed by atoms with Gasteiger partial charge < -0.3 is 10.1 Å². The number of ether oxygens (including phenoxy) is 1. The number of halogens is 1. The second kappa shape index (κ2) is 5.65. The van der Waals surface area contributed by atoms with E-state index >= 15 is 0 Å². The topological polar surface area (TPSA) is 47.0 Å². The van der Waals surface area contributed by atoms with Crippen LogP contribution in [-0.2, 0) is 0 Å². The predicted octanol–water partition coefficient (Wildman–Crippen LogP) is 3.11. The van der Waals surface area contributed by atoms with Crippen molar-refractivity contribution >= 4 is 5.82 Å². The van der Waals surface area contributed by atoms with Crippen LogP contribution in [0, 0.1) is 12.7 Å². The summed E-state index contributed by atoms with van der Waals surface area (Å²) in [5.41, 5.74) is 1.82. The van der Waals surface area contributed by atoms with Crippen LogP contribution in [0.25, 0.3) is 0 Å². The standard InChI is InChI=1S/C14H16FN3O/c1-9-6-14(17-8-16-9)18-10(2)11-4-5-12(15)13(7-11)19-3/h4-8,10H,1-3H3,(H,16,17,18). The van der Waals surface area contributed by atoms with Crippen molar-refractivity contribution in [3.63, 3.8) is 0 Å². The van der Waals surface area contributed by atoms with E-state index in [4.69, 9.17) is 4.74 Å². The minimum atomic E-state index is -0.365. The van der Waals surface area contributed by atoms with E-state index in [-0.39, 0.29) is 17.6 Å². The van der Waals surface area contributed by atoms with E-state index in [0.717, 1.165) is 17.1 Å². The molecule has 1 aromatic heterocycles. The molecular weight excluding hydrogens is 245 g/mol. The van der Waals surface area contributed by atoms with Gasteiger partial charge in [0.15, 0.2) is 11.6 Å². The SMILES string of the molecule is COc1cc(C(C)Nc2cc(C)ncn2)ccc1F. The summed E-state index contributed by atoms with van der Waals surface area (Å²) in [5.74, 6) is 0.615. The third-order valence-corrected chi connectivity index (χ3v) is 2.84. The van der Waals surface area contributed by atoms with Crippen molar-refractivity contribution in [3.05, 3.63) is 47.7 Å². The zero-order valence-electron chi connectivity index (χ0n) is 11.1. The molecule has 0 aliphatic heterocycles. The van der Waals surface area contributed by atoms with E-state index in [1.54, 1.807) is 12.1 Å². The number of rotatable bonds is 4. The Bertz CT molecular complexity index is 574. The minimum absolute atomic E-state index is 0.0104. The molecule has 19 heavy (non-hydrogen) atoms. The number of hydrogen-bond donors (Lipinski definition) is 1. The summed E-state index contributed by atoms with van der Waals surface area (Å²) in [6.45, 7) is 3.88. The monoisotopic (exact) mass is 261 g/mol. The van der Waals surface area contributed by atoms with Gasteiger partial charge in [0.05, 0.1) is 13.2 Å². The van der Waals surface area contributed by atoms with E-state index in [9.17, 15) is 4.39 Å². The molecular formula is C14H16FN3O. The summed E-state index contributed by atoms with van der Waals surface area (Å²) in [4.78, 5) is 8.18. The highest BCUT2D eigenvalue weighted by Crippen LogP contribution is 2.24. The molecule has 4 nitrogen and oxygen atoms in total. The molecule has 0 fully saturated rings. The van der Waals surface area contributed by atoms with Crippen molar-refractivity contribution in [3.8, 4) is 5.75 Å². The Morgan fingerprint density at radius 1 is 1.26 bits per heavy atom. The zero-order valence-corrected chi connectivity index (χ0v) is 11.1. The fourth-order valence-corrected chi connectivity index (χ4v) is 1.78. The van der Waals surface area contributed by atoms with Crippen LogP contribution in [0.5, 0.6) is 5.75 Å². The second-order valence-corrected chi connectivity index (χ2v) is 4.30. The quantitative estimate of drug-likeness (QED) is 0.918. The van der Waals surface area contributed by atoms with Gasteiger partial charge in [-0.2, -0.15) is 0 Å². The molecule has 1 aromatic carbocycles. The molecule has 2 rings (SSSR count). The maximum Gasteiger partial charge on any atom is 0.165 e. The maximum atomic E-state index is 13.3. The van der Waals surface area contributed by atoms with Gasteiger partial charge in [-0.05, 0) is 31.5 Å². The van der Waals surface area contributed by atoms with Crippen molar-refractivity contribution in [2.45, 2.75) is 19.9 Å². The molecule has 0 saturated heterocycles. The first-order valence-corrected chi connectivity index (χ1v) is 5.99. The fourth-order valence-electron chi connectivity index (χ4n) is 1.78. The lowest BCUT2D eigenvalue weighted by molar-refractivity contribution is 0.385. The molecule has 1 unspecified atom stereocenters. The number of nitrogens with one attached hydrogen (secondary N) is 1. The molecule has 0 aliphatic rings. The van der Waals surface area contributed by atoms with Gasteiger partial charge in [0, 0.05) is 11.8 Å². The Morgan fingerprint density at radius 2 is 2.05 bits per heavy atom. The summed E-state index contributed by atoms with van der Waals surface area (Å²) in [5, 5.41) is 3.24. The molecule has 0 radical (unpaired) electrons. The molecule has 0 saturated carbocycles. The summed E-state index contributed by atoms with van der Waals surface area (Å²) >= 11 is 0. The summed E-state index contributed by atoms with van der Waals surface area (Å²) < 4.78 is 18.3. The van der Waals surface area contributed by atoms with Crippen LogP contribution >= 0.6 is 0 Å². The molecule has 0 spiro atoms. The van der Waals surface area contributed by atoms with Crippen molar-refractivity contribution in [2.24, 2.45) is 0 Å². The second-order valence-electron chi connectivity index (χ2n) is 4.30. The van der Waals surface area contributed by atoms with Crippen LogP contribution in [0.1, 0.15) is 24.2 Å². The summed E-state index contributed by atoms with van der Waals surface area (Å²) in [7, 11) is 1.45. The molecule has 0 amide bonds. The molecule has 1 atom stereocenters. The van der Waals surface area contributed by atoms with Gasteiger partial charge in [-0.1, -0.05) is 6.07 Å². The molecule has 1 N–H and O–H groups in total. The van der Waals surface area contributed by atoms with Crippen LogP contribution < -0.4 is 10.1 Å². The van der Waals surface area contributed by atoms with Crippen LogP contribution in [-0.4, -0.2) is 17.1 Å². The zero-order chi connectivity index (χ0) is 13.8. The number of nitrogens with zero attached hydrogens (tertiary/aromatic N) is 2. The minimum Gasteiger partial charge on any atom is -0.494 e. The van der Waals surface area contributed by atoms with Gasteiger partial charge in [-0.15, -0.1) is 0 Å². The van der Waals surface area contributed by atoms with E-state index in [0.29, 0.717) is 0 Å². The number of hydrogen-bond acceptors (Lipinski definition) is 4. The normalized spacial score (nSPS) is 12.0. The molecule has 1 heterocycles. The molecule has 100 valence electrons. The van der Waals surface area contributed by atoms with Gasteiger partial charge in [0.25, 0.3) is 0 Å². The van der Waals surface area contributed by atoms with Gasteiger partial charge in [0.2, 0.25) is 0 Å². The van der Waals surface area contributed by atoms with E-state index in [1.807, 2.05) is 19.9 Å². The van der Waals surface area contributed by atoms with Gasteiger partial charge in [-0.25, -0.2) is 14.4 Å². The Morgan fingerprint density at radius 3 is 2.74 bits per heavy atom. The third kappa shape index (κ3) is 3.19. The maximum absolute atomic E-state index is 13.3. The number of benzene rings is 1. The van der Waals surface area contributed by atoms with Crippen molar-refractivity contribution in [2.75, 3.05) is 12.4 Å². The Labute approximate surface area is 111 Å². The highest BCUT2D eigenvalue weighted by atomic mass is 19.1. The van der Waals surface area contributed by atoms with Gasteiger partial charge >= 0.3 is 0 Å². The first-order valence-electron chi connectivity index (χ1n) is 5.99. The van der Waals surface area contributed by atoms with Gasteiger partial charge in [-0.3, -0.25) is 0 Å². The largest absolute Gasteiger partial charge is 0.494 e. The lowest BCUT2D eigenvalue weighted by atomic mass is 10.1. The Balaban J connectivity index is 2.18. The number of aryl methyl sites for hydroxylation is 1. The van der Waals surface area contributed by atoms with Crippen molar-refractivity contribution in [1.82, 2.24) is 9.97 Å². The highest BCUT2D eigenvalue weighted by molar-refractivity contribution is 5.40. The summed E-state index contributed by atoms with van der Waals surface area (Å²) in [6.07, 6.45) is 1.51. The average Bonchev–Trinajstić information content (AvgIpc) is 2.39. The first-order chi connectivity index (χ1) is 9.10. The van der Waals surface area contributed by atoms with Crippen LogP contribution in [0.3, 0.4) is 0 Å². The summed E-state index contributed by atoms with van der Waals surface area (Å²) in [6, 6.07) is 6.66. The number of aromatic nitrogens is 2. The van der Waals surface area contributed by atoms with Crippen LogP contribution in [0.2, 0.25) is 0 Å². The smallest absolute Gasteiger partial charge is 0.165 e. The first kappa shape index (κ1) is 13.3. The third-order valence-electron chi connectivity index (χ3n) is 2.84. The molecule has 0 aliphatic carbocycles. The van der Waals surface area contributed by atoms with Gasteiger partial charge in [0.1, 0.15) is 12.1 Å². The fraction of sp³-hybridized carbons (Fsp3) is 0.286. The predicted molar refractivity (Wildman–Crippen MR) is 71.8 cm³/mol. The van der Waals surface area contributed by atoms with Crippen molar-refractivity contribution in [1.29, 1.82) is 0 Å². The van der Waals surface area contributed by atoms with E-state index < -0.39 is 0 Å². The van der Waals surface area contributed by atoms with E-state index in [2.05, 4.69) is 15.3 Å². The molecule has 2 aromatic rings.